The zero-order valence-electron chi connectivity index (χ0n) is 12.5. The fraction of sp³-hybridized carbons (Fsp3) is 0.200. The van der Waals surface area contributed by atoms with E-state index >= 15 is 0 Å². The lowest BCUT2D eigenvalue weighted by molar-refractivity contribution is -0.384. The van der Waals surface area contributed by atoms with E-state index in [0.717, 1.165) is 6.07 Å². The highest BCUT2D eigenvalue weighted by atomic mass is 16.6. The maximum atomic E-state index is 12.1. The van der Waals surface area contributed by atoms with Gasteiger partial charge in [-0.25, -0.2) is 4.79 Å². The van der Waals surface area contributed by atoms with E-state index in [9.17, 15) is 19.7 Å². The van der Waals surface area contributed by atoms with Crippen molar-refractivity contribution in [2.75, 3.05) is 13.7 Å². The number of carbonyl (C=O) groups is 2. The van der Waals surface area contributed by atoms with Gasteiger partial charge in [-0.15, -0.1) is 0 Å². The molecule has 8 heteroatoms. The largest absolute Gasteiger partial charge is 0.496 e. The molecule has 0 atom stereocenters. The van der Waals surface area contributed by atoms with Crippen LogP contribution in [0.15, 0.2) is 36.5 Å². The van der Waals surface area contributed by atoms with E-state index < -0.39 is 23.3 Å². The van der Waals surface area contributed by atoms with Crippen molar-refractivity contribution >= 4 is 17.4 Å². The fourth-order valence-electron chi connectivity index (χ4n) is 2.01. The number of Topliss-reactive ketones (excluding diaryl/α,β-unsaturated/α-hetero) is 1. The number of ether oxygens (including phenoxy) is 2. The van der Waals surface area contributed by atoms with Crippen LogP contribution in [0.1, 0.15) is 20.8 Å². The number of methoxy groups -OCH3 is 1. The number of rotatable bonds is 6. The predicted molar refractivity (Wildman–Crippen MR) is 79.7 cm³/mol. The van der Waals surface area contributed by atoms with Crippen molar-refractivity contribution in [1.82, 2.24) is 4.57 Å². The summed E-state index contributed by atoms with van der Waals surface area (Å²) in [6, 6.07) is 7.65. The Morgan fingerprint density at radius 1 is 1.30 bits per heavy atom. The minimum absolute atomic E-state index is 0.00970. The minimum Gasteiger partial charge on any atom is -0.496 e. The lowest BCUT2D eigenvalue weighted by Crippen LogP contribution is -2.16. The number of carbonyl (C=O) groups excluding carboxylic acids is 2. The molecule has 0 spiro atoms. The topological polar surface area (TPSA) is 101 Å². The first-order chi connectivity index (χ1) is 10.9. The first-order valence-corrected chi connectivity index (χ1v) is 6.58. The van der Waals surface area contributed by atoms with Gasteiger partial charge in [0.05, 0.1) is 23.8 Å². The molecule has 23 heavy (non-hydrogen) atoms. The number of hydrogen-bond acceptors (Lipinski definition) is 6. The first-order valence-electron chi connectivity index (χ1n) is 6.58. The number of para-hydroxylation sites is 1. The maximum Gasteiger partial charge on any atom is 0.355 e. The Hall–Kier alpha value is -3.16. The molecular formula is C15H14N2O6. The Balaban J connectivity index is 2.07. The van der Waals surface area contributed by atoms with E-state index in [1.54, 1.807) is 24.3 Å². The number of nitro groups is 1. The van der Waals surface area contributed by atoms with Gasteiger partial charge in [-0.05, 0) is 12.1 Å². The molecule has 1 heterocycles. The molecule has 0 N–H and O–H groups in total. The van der Waals surface area contributed by atoms with Gasteiger partial charge >= 0.3 is 5.97 Å². The molecule has 0 saturated carbocycles. The molecule has 0 fully saturated rings. The molecule has 2 rings (SSSR count). The fourth-order valence-corrected chi connectivity index (χ4v) is 2.01. The molecule has 1 aromatic carbocycles. The summed E-state index contributed by atoms with van der Waals surface area (Å²) in [4.78, 5) is 34.1. The smallest absolute Gasteiger partial charge is 0.355 e. The lowest BCUT2D eigenvalue weighted by atomic mass is 10.1. The second kappa shape index (κ2) is 6.73. The number of hydrogen-bond donors (Lipinski definition) is 0. The number of ketones is 1. The number of aromatic nitrogens is 1. The molecule has 120 valence electrons. The van der Waals surface area contributed by atoms with E-state index in [2.05, 4.69) is 0 Å². The highest BCUT2D eigenvalue weighted by Crippen LogP contribution is 2.19. The molecule has 0 unspecified atom stereocenters. The number of nitrogens with zero attached hydrogens (tertiary/aromatic N) is 2. The lowest BCUT2D eigenvalue weighted by Gasteiger charge is -2.08. The van der Waals surface area contributed by atoms with Gasteiger partial charge in [0.15, 0.2) is 6.61 Å². The molecule has 0 radical (unpaired) electrons. The van der Waals surface area contributed by atoms with Crippen molar-refractivity contribution in [3.05, 3.63) is 57.9 Å². The molecule has 0 amide bonds. The van der Waals surface area contributed by atoms with E-state index in [-0.39, 0.29) is 11.4 Å². The summed E-state index contributed by atoms with van der Waals surface area (Å²) in [5.74, 6) is -0.869. The van der Waals surface area contributed by atoms with Crippen LogP contribution in [0.3, 0.4) is 0 Å². The predicted octanol–water partition coefficient (Wildman–Crippen LogP) is 1.98. The molecule has 0 aliphatic carbocycles. The van der Waals surface area contributed by atoms with Crippen LogP contribution in [0.2, 0.25) is 0 Å². The van der Waals surface area contributed by atoms with Crippen molar-refractivity contribution < 1.29 is 24.0 Å². The number of esters is 1. The normalized spacial score (nSPS) is 10.2. The van der Waals surface area contributed by atoms with Gasteiger partial charge in [0, 0.05) is 13.1 Å². The Kier molecular flexibility index (Phi) is 4.75. The minimum atomic E-state index is -0.816. The van der Waals surface area contributed by atoms with E-state index in [0.29, 0.717) is 11.3 Å². The van der Waals surface area contributed by atoms with Gasteiger partial charge in [0.1, 0.15) is 11.4 Å². The third-order valence-electron chi connectivity index (χ3n) is 3.15. The van der Waals surface area contributed by atoms with Gasteiger partial charge in [-0.3, -0.25) is 14.9 Å². The second-order valence-electron chi connectivity index (χ2n) is 4.65. The van der Waals surface area contributed by atoms with Gasteiger partial charge in [-0.2, -0.15) is 0 Å². The summed E-state index contributed by atoms with van der Waals surface area (Å²) in [5.41, 5.74) is 0.0562. The van der Waals surface area contributed by atoms with Crippen molar-refractivity contribution in [2.45, 2.75) is 0 Å². The zero-order chi connectivity index (χ0) is 17.0. The average molecular weight is 318 g/mol. The van der Waals surface area contributed by atoms with Crippen LogP contribution < -0.4 is 4.74 Å². The Labute approximate surface area is 131 Å². The Bertz CT molecular complexity index is 765. The number of aryl methyl sites for hydroxylation is 1. The maximum absolute atomic E-state index is 12.1. The van der Waals surface area contributed by atoms with Crippen molar-refractivity contribution in [2.24, 2.45) is 7.05 Å². The quantitative estimate of drug-likeness (QED) is 0.349. The molecule has 0 aliphatic heterocycles. The highest BCUT2D eigenvalue weighted by Gasteiger charge is 2.20. The molecular weight excluding hydrogens is 304 g/mol. The Morgan fingerprint density at radius 3 is 2.61 bits per heavy atom. The van der Waals surface area contributed by atoms with E-state index in [1.165, 1.54) is 24.9 Å². The molecule has 0 aliphatic rings. The van der Waals surface area contributed by atoms with E-state index in [4.69, 9.17) is 9.47 Å². The van der Waals surface area contributed by atoms with Gasteiger partial charge < -0.3 is 14.0 Å². The molecule has 2 aromatic rings. The van der Waals surface area contributed by atoms with Crippen LogP contribution in [-0.4, -0.2) is 35.0 Å². The van der Waals surface area contributed by atoms with Crippen LogP contribution in [-0.2, 0) is 11.8 Å². The van der Waals surface area contributed by atoms with Crippen LogP contribution >= 0.6 is 0 Å². The van der Waals surface area contributed by atoms with Crippen LogP contribution in [0.5, 0.6) is 5.75 Å². The summed E-state index contributed by atoms with van der Waals surface area (Å²) in [7, 11) is 2.91. The molecule has 8 nitrogen and oxygen atoms in total. The second-order valence-corrected chi connectivity index (χ2v) is 4.65. The average Bonchev–Trinajstić information content (AvgIpc) is 2.94. The first kappa shape index (κ1) is 16.2. The molecule has 0 saturated heterocycles. The summed E-state index contributed by atoms with van der Waals surface area (Å²) in [6.45, 7) is -0.488. The molecule has 1 aromatic heterocycles. The SMILES string of the molecule is COc1ccccc1C(=O)COC(=O)c1cc([N+](=O)[O-])cn1C. The van der Waals surface area contributed by atoms with Crippen molar-refractivity contribution in [3.8, 4) is 5.75 Å². The van der Waals surface area contributed by atoms with Crippen LogP contribution in [0.25, 0.3) is 0 Å². The van der Waals surface area contributed by atoms with Crippen molar-refractivity contribution in [1.29, 1.82) is 0 Å². The number of benzene rings is 1. The van der Waals surface area contributed by atoms with Crippen molar-refractivity contribution in [3.63, 3.8) is 0 Å². The molecule has 0 bridgehead atoms. The summed E-state index contributed by atoms with van der Waals surface area (Å²) in [5, 5.41) is 10.7. The standard InChI is InChI=1S/C15H14N2O6/c1-16-8-10(17(20)21)7-12(16)15(19)23-9-13(18)11-5-3-4-6-14(11)22-2/h3-8H,9H2,1-2H3. The third kappa shape index (κ3) is 3.54. The van der Waals surface area contributed by atoms with Crippen LogP contribution in [0, 0.1) is 10.1 Å². The van der Waals surface area contributed by atoms with Crippen LogP contribution in [0.4, 0.5) is 5.69 Å². The third-order valence-corrected chi connectivity index (χ3v) is 3.15. The summed E-state index contributed by atoms with van der Waals surface area (Å²) >= 11 is 0. The van der Waals surface area contributed by atoms with Gasteiger partial charge in [-0.1, -0.05) is 12.1 Å². The zero-order valence-corrected chi connectivity index (χ0v) is 12.5. The summed E-state index contributed by atoms with van der Waals surface area (Å²) in [6.07, 6.45) is 1.19. The van der Waals surface area contributed by atoms with E-state index in [1.807, 2.05) is 0 Å². The van der Waals surface area contributed by atoms with Gasteiger partial charge in [0.25, 0.3) is 5.69 Å². The monoisotopic (exact) mass is 318 g/mol. The Morgan fingerprint density at radius 2 is 2.00 bits per heavy atom. The highest BCUT2D eigenvalue weighted by molar-refractivity contribution is 6.01. The summed E-state index contributed by atoms with van der Waals surface area (Å²) < 4.78 is 11.3. The van der Waals surface area contributed by atoms with Gasteiger partial charge in [0.2, 0.25) is 5.78 Å².